The van der Waals surface area contributed by atoms with Crippen LogP contribution in [0.5, 0.6) is 0 Å². The average molecular weight is 383 g/mol. The molecule has 1 aromatic heterocycles. The van der Waals surface area contributed by atoms with E-state index in [-0.39, 0.29) is 11.8 Å². The molecule has 7 nitrogen and oxygen atoms in total. The number of piperidine rings is 1. The first-order chi connectivity index (χ1) is 13.5. The lowest BCUT2D eigenvalue weighted by Gasteiger charge is -2.34. The fourth-order valence-corrected chi connectivity index (χ4v) is 3.51. The Kier molecular flexibility index (Phi) is 6.34. The van der Waals surface area contributed by atoms with Gasteiger partial charge in [0.15, 0.2) is 5.82 Å². The summed E-state index contributed by atoms with van der Waals surface area (Å²) in [6, 6.07) is 8.28. The Morgan fingerprint density at radius 3 is 2.39 bits per heavy atom. The summed E-state index contributed by atoms with van der Waals surface area (Å²) in [4.78, 5) is 27.5. The molecule has 1 aliphatic rings. The van der Waals surface area contributed by atoms with Gasteiger partial charge in [-0.25, -0.2) is 9.97 Å². The van der Waals surface area contributed by atoms with Gasteiger partial charge in [-0.1, -0.05) is 12.1 Å². The Morgan fingerprint density at radius 2 is 1.79 bits per heavy atom. The molecule has 1 saturated heterocycles. The Hall–Kier alpha value is -2.83. The van der Waals surface area contributed by atoms with Crippen molar-refractivity contribution in [2.24, 2.45) is 5.92 Å². The molecule has 1 fully saturated rings. The lowest BCUT2D eigenvalue weighted by molar-refractivity contribution is -0.125. The van der Waals surface area contributed by atoms with E-state index in [9.17, 15) is 4.79 Å². The molecule has 2 aromatic rings. The molecule has 0 aliphatic carbocycles. The van der Waals surface area contributed by atoms with E-state index in [1.165, 1.54) is 0 Å². The molecular formula is C21H30N6O. The highest BCUT2D eigenvalue weighted by molar-refractivity contribution is 5.79. The Morgan fingerprint density at radius 1 is 1.11 bits per heavy atom. The molecule has 28 heavy (non-hydrogen) atoms. The number of hydrogen-bond donors (Lipinski definition) is 1. The minimum Gasteiger partial charge on any atom is -0.378 e. The van der Waals surface area contributed by atoms with Crippen LogP contribution in [0, 0.1) is 5.92 Å². The lowest BCUT2D eigenvalue weighted by Crippen LogP contribution is -2.41. The van der Waals surface area contributed by atoms with Gasteiger partial charge in [0.25, 0.3) is 0 Å². The molecule has 1 amide bonds. The molecule has 0 unspecified atom stereocenters. The third-order valence-corrected chi connectivity index (χ3v) is 5.22. The minimum absolute atomic E-state index is 0.0599. The van der Waals surface area contributed by atoms with Gasteiger partial charge in [0.05, 0.1) is 11.9 Å². The van der Waals surface area contributed by atoms with Crippen molar-refractivity contribution in [2.75, 3.05) is 56.0 Å². The van der Waals surface area contributed by atoms with Crippen LogP contribution in [0.2, 0.25) is 0 Å². The summed E-state index contributed by atoms with van der Waals surface area (Å²) in [7, 11) is 8.01. The van der Waals surface area contributed by atoms with Crippen LogP contribution in [0.3, 0.4) is 0 Å². The number of benzene rings is 1. The standard InChI is InChI=1S/C21H30N6O/c1-25(2)18-7-5-16(6-8-18)13-23-21(28)17-9-11-27(12-10-17)19-14-22-15-24-20(19)26(3)4/h5-8,14-15,17H,9-13H2,1-4H3,(H,23,28). The number of hydrogen-bond acceptors (Lipinski definition) is 6. The predicted octanol–water partition coefficient (Wildman–Crippen LogP) is 2.14. The fourth-order valence-electron chi connectivity index (χ4n) is 3.51. The van der Waals surface area contributed by atoms with Gasteiger partial charge in [-0.05, 0) is 30.5 Å². The highest BCUT2D eigenvalue weighted by Crippen LogP contribution is 2.29. The highest BCUT2D eigenvalue weighted by Gasteiger charge is 2.26. The topological polar surface area (TPSA) is 64.6 Å². The monoisotopic (exact) mass is 382 g/mol. The second kappa shape index (κ2) is 8.91. The molecule has 0 radical (unpaired) electrons. The molecule has 1 N–H and O–H groups in total. The second-order valence-corrected chi connectivity index (χ2v) is 7.67. The fraction of sp³-hybridized carbons (Fsp3) is 0.476. The largest absolute Gasteiger partial charge is 0.378 e. The molecular weight excluding hydrogens is 352 g/mol. The number of nitrogens with one attached hydrogen (secondary N) is 1. The van der Waals surface area contributed by atoms with Crippen molar-refractivity contribution in [1.82, 2.24) is 15.3 Å². The first kappa shape index (κ1) is 19.9. The normalized spacial score (nSPS) is 14.6. The zero-order valence-corrected chi connectivity index (χ0v) is 17.2. The van der Waals surface area contributed by atoms with Crippen molar-refractivity contribution in [2.45, 2.75) is 19.4 Å². The summed E-state index contributed by atoms with van der Waals surface area (Å²) in [6.07, 6.45) is 5.12. The van der Waals surface area contributed by atoms with Crippen molar-refractivity contribution < 1.29 is 4.79 Å². The first-order valence-corrected chi connectivity index (χ1v) is 9.72. The van der Waals surface area contributed by atoms with Crippen LogP contribution in [0.15, 0.2) is 36.8 Å². The summed E-state index contributed by atoms with van der Waals surface area (Å²) in [5, 5.41) is 3.10. The molecule has 0 atom stereocenters. The van der Waals surface area contributed by atoms with Crippen LogP contribution < -0.4 is 20.0 Å². The molecule has 2 heterocycles. The van der Waals surface area contributed by atoms with Gasteiger partial charge in [0.2, 0.25) is 5.91 Å². The molecule has 0 spiro atoms. The number of nitrogens with zero attached hydrogens (tertiary/aromatic N) is 5. The average Bonchev–Trinajstić information content (AvgIpc) is 2.72. The number of aromatic nitrogens is 2. The van der Waals surface area contributed by atoms with Crippen LogP contribution >= 0.6 is 0 Å². The smallest absolute Gasteiger partial charge is 0.223 e. The van der Waals surface area contributed by atoms with Gasteiger partial charge in [-0.15, -0.1) is 0 Å². The molecule has 0 bridgehead atoms. The zero-order chi connectivity index (χ0) is 20.1. The van der Waals surface area contributed by atoms with Gasteiger partial charge in [0.1, 0.15) is 6.33 Å². The van der Waals surface area contributed by atoms with Crippen LogP contribution in [0.1, 0.15) is 18.4 Å². The SMILES string of the molecule is CN(C)c1ccc(CNC(=O)C2CCN(c3cncnc3N(C)C)CC2)cc1. The van der Waals surface area contributed by atoms with E-state index in [1.54, 1.807) is 6.33 Å². The summed E-state index contributed by atoms with van der Waals surface area (Å²) >= 11 is 0. The second-order valence-electron chi connectivity index (χ2n) is 7.67. The van der Waals surface area contributed by atoms with Gasteiger partial charge >= 0.3 is 0 Å². The number of carbonyl (C=O) groups excluding carboxylic acids is 1. The van der Waals surface area contributed by atoms with Gasteiger partial charge in [0, 0.05) is 59.4 Å². The van der Waals surface area contributed by atoms with E-state index < -0.39 is 0 Å². The maximum Gasteiger partial charge on any atom is 0.223 e. The summed E-state index contributed by atoms with van der Waals surface area (Å²) in [5.74, 6) is 1.12. The van der Waals surface area contributed by atoms with Gasteiger partial charge in [-0.3, -0.25) is 4.79 Å². The molecule has 1 aliphatic heterocycles. The van der Waals surface area contributed by atoms with Gasteiger partial charge in [-0.2, -0.15) is 0 Å². The Bertz CT molecular complexity index is 782. The maximum absolute atomic E-state index is 12.6. The molecule has 7 heteroatoms. The molecule has 1 aromatic carbocycles. The first-order valence-electron chi connectivity index (χ1n) is 9.72. The van der Waals surface area contributed by atoms with Crippen molar-refractivity contribution in [3.05, 3.63) is 42.4 Å². The predicted molar refractivity (Wildman–Crippen MR) is 114 cm³/mol. The summed E-state index contributed by atoms with van der Waals surface area (Å²) in [6.45, 7) is 2.25. The van der Waals surface area contributed by atoms with Gasteiger partial charge < -0.3 is 20.0 Å². The number of amides is 1. The Labute approximate surface area is 167 Å². The van der Waals surface area contributed by atoms with Crippen molar-refractivity contribution >= 4 is 23.1 Å². The van der Waals surface area contributed by atoms with Crippen LogP contribution in [0.4, 0.5) is 17.2 Å². The van der Waals surface area contributed by atoms with Crippen molar-refractivity contribution in [3.63, 3.8) is 0 Å². The van der Waals surface area contributed by atoms with E-state index in [2.05, 4.69) is 49.4 Å². The highest BCUT2D eigenvalue weighted by atomic mass is 16.1. The van der Waals surface area contributed by atoms with Crippen LogP contribution in [0.25, 0.3) is 0 Å². The third kappa shape index (κ3) is 4.71. The number of rotatable bonds is 6. The summed E-state index contributed by atoms with van der Waals surface area (Å²) < 4.78 is 0. The third-order valence-electron chi connectivity index (χ3n) is 5.22. The van der Waals surface area contributed by atoms with E-state index in [0.29, 0.717) is 6.54 Å². The van der Waals surface area contributed by atoms with Crippen LogP contribution in [-0.2, 0) is 11.3 Å². The van der Waals surface area contributed by atoms with E-state index in [0.717, 1.165) is 48.7 Å². The number of anilines is 3. The maximum atomic E-state index is 12.6. The molecule has 0 saturated carbocycles. The summed E-state index contributed by atoms with van der Waals surface area (Å²) in [5.41, 5.74) is 3.31. The molecule has 3 rings (SSSR count). The lowest BCUT2D eigenvalue weighted by atomic mass is 9.95. The molecule has 150 valence electrons. The van der Waals surface area contributed by atoms with Crippen molar-refractivity contribution in [1.29, 1.82) is 0 Å². The van der Waals surface area contributed by atoms with Crippen molar-refractivity contribution in [3.8, 4) is 0 Å². The minimum atomic E-state index is 0.0599. The van der Waals surface area contributed by atoms with E-state index in [4.69, 9.17) is 0 Å². The Balaban J connectivity index is 1.51. The van der Waals surface area contributed by atoms with E-state index in [1.807, 2.05) is 39.3 Å². The van der Waals surface area contributed by atoms with Crippen LogP contribution in [-0.4, -0.2) is 57.2 Å². The quantitative estimate of drug-likeness (QED) is 0.826. The van der Waals surface area contributed by atoms with E-state index >= 15 is 0 Å². The number of carbonyl (C=O) groups is 1. The zero-order valence-electron chi connectivity index (χ0n) is 17.2.